The molecule has 1 heterocycles. The second-order valence-electron chi connectivity index (χ2n) is 13.3. The number of Topliss-reactive ketones (excluding diaryl/α,β-unsaturated/α-hetero) is 1. The maximum atomic E-state index is 13.8. The fourth-order valence-corrected chi connectivity index (χ4v) is 7.62. The fourth-order valence-electron chi connectivity index (χ4n) is 5.97. The van der Waals surface area contributed by atoms with Crippen LogP contribution in [-0.2, 0) is 35.1 Å². The van der Waals surface area contributed by atoms with Gasteiger partial charge in [0.05, 0.1) is 54.4 Å². The molecule has 5 aromatic rings. The molecule has 0 radical (unpaired) electrons. The summed E-state index contributed by atoms with van der Waals surface area (Å²) in [7, 11) is -15.4. The zero-order valence-electron chi connectivity index (χ0n) is 35.1. The summed E-state index contributed by atoms with van der Waals surface area (Å²) in [6, 6.07) is 20.4. The van der Waals surface area contributed by atoms with Gasteiger partial charge < -0.3 is 13.7 Å². The summed E-state index contributed by atoms with van der Waals surface area (Å²) in [5.41, 5.74) is 4.00. The van der Waals surface area contributed by atoms with E-state index in [1.807, 2.05) is 0 Å². The Bertz CT molecular complexity index is 3520. The Morgan fingerprint density at radius 1 is 0.657 bits per heavy atom. The van der Waals surface area contributed by atoms with Crippen LogP contribution in [0.2, 0.25) is 0 Å². The zero-order chi connectivity index (χ0) is 46.1. The van der Waals surface area contributed by atoms with E-state index in [1.165, 1.54) is 55.5 Å². The van der Waals surface area contributed by atoms with E-state index in [9.17, 15) is 58.1 Å². The quantitative estimate of drug-likeness (QED) is 0.0452. The Morgan fingerprint density at radius 2 is 1.30 bits per heavy atom. The van der Waals surface area contributed by atoms with E-state index in [1.54, 1.807) is 18.2 Å². The van der Waals surface area contributed by atoms with E-state index in [2.05, 4.69) is 46.9 Å². The first-order valence-electron chi connectivity index (χ1n) is 17.8. The van der Waals surface area contributed by atoms with Crippen molar-refractivity contribution in [2.75, 3.05) is 21.3 Å². The van der Waals surface area contributed by atoms with Gasteiger partial charge in [0.15, 0.2) is 11.4 Å². The van der Waals surface area contributed by atoms with Crippen LogP contribution in [0.4, 0.5) is 28.4 Å². The summed E-state index contributed by atoms with van der Waals surface area (Å²) >= 11 is 0. The largest absolute Gasteiger partial charge is 1.00 e. The van der Waals surface area contributed by atoms with Gasteiger partial charge in [-0.15, -0.1) is 0 Å². The normalized spacial score (nSPS) is 16.1. The van der Waals surface area contributed by atoms with E-state index in [0.717, 1.165) is 29.3 Å². The number of benzene rings is 5. The van der Waals surface area contributed by atoms with Crippen LogP contribution >= 0.6 is 0 Å². The third-order valence-corrected chi connectivity index (χ3v) is 11.5. The van der Waals surface area contributed by atoms with Crippen molar-refractivity contribution in [1.29, 1.82) is 0 Å². The second kappa shape index (κ2) is 22.1. The zero-order valence-corrected chi connectivity index (χ0v) is 43.6. The molecule has 0 saturated carbocycles. The monoisotopic (exact) mass is 994 g/mol. The number of ketones is 1. The third-order valence-electron chi connectivity index (χ3n) is 9.00. The molecular formula is C38H25N10Na3O13S3. The van der Waals surface area contributed by atoms with Crippen molar-refractivity contribution in [3.63, 3.8) is 0 Å². The van der Waals surface area contributed by atoms with Crippen LogP contribution in [0.3, 0.4) is 0 Å². The van der Waals surface area contributed by atoms with E-state index in [0.29, 0.717) is 18.2 Å². The molecule has 1 atom stereocenters. The van der Waals surface area contributed by atoms with Crippen LogP contribution in [0.25, 0.3) is 6.08 Å². The van der Waals surface area contributed by atoms with Crippen LogP contribution in [0.1, 0.15) is 22.8 Å². The number of carbonyl (C=O) groups is 2. The topological polar surface area (TPSA) is 353 Å². The number of rotatable bonds is 12. The SMILES string of the molecule is CC1=NN(c2cccc(N/N=c3\c(=O)cc/c(=N\Nc4cc(S(=O)(=O)[O-])cc5c4C(=O)/C(=N/Nc4ccccc4)C(S(=O)(=O)[O-])=C5)c3=O)c2)C(=O)C1N=Nc1ccc(S(=O)(=O)[O-])cc1.[Na+].[Na+].[Na+]. The Morgan fingerprint density at radius 3 is 1.94 bits per heavy atom. The van der Waals surface area contributed by atoms with Crippen molar-refractivity contribution in [2.24, 2.45) is 30.6 Å². The van der Waals surface area contributed by atoms with E-state index in [4.69, 9.17) is 0 Å². The molecule has 23 nitrogen and oxygen atoms in total. The van der Waals surface area contributed by atoms with Crippen molar-refractivity contribution in [3.05, 3.63) is 150 Å². The minimum Gasteiger partial charge on any atom is -0.744 e. The van der Waals surface area contributed by atoms with Crippen molar-refractivity contribution in [1.82, 2.24) is 0 Å². The predicted molar refractivity (Wildman–Crippen MR) is 223 cm³/mol. The Hall–Kier alpha value is -4.75. The minimum atomic E-state index is -5.43. The van der Waals surface area contributed by atoms with Gasteiger partial charge in [-0.05, 0) is 97.4 Å². The predicted octanol–water partition coefficient (Wildman–Crippen LogP) is -7.62. The van der Waals surface area contributed by atoms with Crippen LogP contribution in [0.15, 0.2) is 158 Å². The van der Waals surface area contributed by atoms with Crippen molar-refractivity contribution >= 4 is 88.0 Å². The van der Waals surface area contributed by atoms with Gasteiger partial charge in [0.25, 0.3) is 5.91 Å². The van der Waals surface area contributed by atoms with Crippen molar-refractivity contribution < 1.29 is 137 Å². The molecule has 1 unspecified atom stereocenters. The number of fused-ring (bicyclic) bond motifs is 1. The molecule has 29 heteroatoms. The average Bonchev–Trinajstić information content (AvgIpc) is 3.53. The number of allylic oxidation sites excluding steroid dienone is 1. The Balaban J connectivity index is 0.00000327. The Kier molecular flexibility index (Phi) is 18.1. The van der Waals surface area contributed by atoms with E-state index in [-0.39, 0.29) is 117 Å². The molecule has 5 aromatic carbocycles. The number of amides is 1. The first kappa shape index (κ1) is 54.9. The summed E-state index contributed by atoms with van der Waals surface area (Å²) in [6.07, 6.45) is 0.655. The standard InChI is InChI=1S/C38H28N10O13S3.3Na/c1-20-33(44-40-23-10-12-26(13-11-23)62(53,54)55)38(52)48(47-20)25-9-5-8-24(18-25)41-45-34-30(49)15-14-28(36(34)50)42-43-29-19-27(63(56,57)58)16-21-17-31(64(59,60)61)35(37(51)32(21)29)46-39-22-6-3-2-4-7-22;;;/h2-19,33,39,41,43H,1H3,(H,53,54,55)(H,56,57,58)(H,59,60,61);;;/q;3*+1/p-3/b42-28+,44-40?,45-34+,46-35+;;;. The molecular weight excluding hydrogens is 970 g/mol. The van der Waals surface area contributed by atoms with Gasteiger partial charge in [0, 0.05) is 0 Å². The number of carbonyl (C=O) groups excluding carboxylic acids is 2. The molecule has 0 bridgehead atoms. The van der Waals surface area contributed by atoms with Gasteiger partial charge >= 0.3 is 88.7 Å². The van der Waals surface area contributed by atoms with Crippen molar-refractivity contribution in [2.45, 2.75) is 22.8 Å². The molecule has 3 N–H and O–H groups in total. The number of anilines is 4. The molecule has 0 saturated heterocycles. The van der Waals surface area contributed by atoms with Crippen LogP contribution in [-0.4, -0.2) is 68.1 Å². The number of hydrogen-bond acceptors (Lipinski definition) is 22. The van der Waals surface area contributed by atoms with E-state index >= 15 is 0 Å². The molecule has 1 aliphatic carbocycles. The summed E-state index contributed by atoms with van der Waals surface area (Å²) < 4.78 is 107. The number of nitrogens with one attached hydrogen (secondary N) is 3. The third kappa shape index (κ3) is 12.7. The first-order chi connectivity index (χ1) is 30.2. The van der Waals surface area contributed by atoms with Gasteiger partial charge in [0.2, 0.25) is 16.6 Å². The molecule has 2 aliphatic rings. The molecule has 326 valence electrons. The van der Waals surface area contributed by atoms with Crippen LogP contribution in [0, 0.1) is 0 Å². The number of hydrogen-bond donors (Lipinski definition) is 3. The van der Waals surface area contributed by atoms with Gasteiger partial charge in [-0.3, -0.25) is 35.5 Å². The van der Waals surface area contributed by atoms with Crippen LogP contribution in [0.5, 0.6) is 0 Å². The summed E-state index contributed by atoms with van der Waals surface area (Å²) in [4.78, 5) is 50.9. The van der Waals surface area contributed by atoms with Gasteiger partial charge in [-0.25, -0.2) is 25.3 Å². The van der Waals surface area contributed by atoms with Gasteiger partial charge in [-0.2, -0.15) is 35.6 Å². The number of azo groups is 1. The number of para-hydroxylation sites is 1. The fraction of sp³-hybridized carbons (Fsp3) is 0.0526. The molecule has 67 heavy (non-hydrogen) atoms. The maximum Gasteiger partial charge on any atom is 1.00 e. The van der Waals surface area contributed by atoms with Crippen LogP contribution < -0.4 is 132 Å². The van der Waals surface area contributed by atoms with E-state index < -0.39 is 107 Å². The van der Waals surface area contributed by atoms with Crippen molar-refractivity contribution in [3.8, 4) is 0 Å². The first-order valence-corrected chi connectivity index (χ1v) is 22.1. The molecule has 0 aromatic heterocycles. The molecule has 1 aliphatic heterocycles. The van der Waals surface area contributed by atoms with Gasteiger partial charge in [-0.1, -0.05) is 24.3 Å². The smallest absolute Gasteiger partial charge is 0.744 e. The summed E-state index contributed by atoms with van der Waals surface area (Å²) in [5.74, 6) is -1.84. The molecule has 0 spiro atoms. The number of nitrogens with zero attached hydrogens (tertiary/aromatic N) is 7. The average molecular weight is 995 g/mol. The second-order valence-corrected chi connectivity index (χ2v) is 17.4. The molecule has 1 amide bonds. The molecule has 7 rings (SSSR count). The summed E-state index contributed by atoms with van der Waals surface area (Å²) in [5, 5.41) is 23.7. The summed E-state index contributed by atoms with van der Waals surface area (Å²) in [6.45, 7) is 1.52. The maximum absolute atomic E-state index is 13.8. The molecule has 0 fully saturated rings. The number of hydrazone groups is 2. The van der Waals surface area contributed by atoms with Gasteiger partial charge in [0.1, 0.15) is 41.4 Å². The Labute approximate surface area is 445 Å². The minimum absolute atomic E-state index is 0.